The number of likely N-dealkylation sites (N-methyl/N-ethyl adjacent to an activating group) is 1. The Morgan fingerprint density at radius 2 is 1.70 bits per heavy atom. The first-order valence-electron chi connectivity index (χ1n) is 9.49. The lowest BCUT2D eigenvalue weighted by Gasteiger charge is -2.28. The van der Waals surface area contributed by atoms with E-state index in [1.54, 1.807) is 37.5 Å². The van der Waals surface area contributed by atoms with Gasteiger partial charge in [0, 0.05) is 13.2 Å². The van der Waals surface area contributed by atoms with E-state index >= 15 is 0 Å². The molecule has 4 rings (SSSR count). The zero-order valence-corrected chi connectivity index (χ0v) is 16.4. The number of amides is 1. The molecule has 2 heterocycles. The third kappa shape index (κ3) is 3.65. The maximum atomic E-state index is 13.1. The van der Waals surface area contributed by atoms with Crippen molar-refractivity contribution in [1.82, 2.24) is 19.4 Å². The van der Waals surface area contributed by atoms with Gasteiger partial charge >= 0.3 is 5.69 Å². The molecule has 2 aromatic heterocycles. The Morgan fingerprint density at radius 3 is 2.43 bits per heavy atom. The number of hydrogen-bond acceptors (Lipinski definition) is 4. The van der Waals surface area contributed by atoms with Crippen LogP contribution in [0, 0.1) is 0 Å². The Morgan fingerprint density at radius 1 is 1.00 bits per heavy atom. The van der Waals surface area contributed by atoms with Crippen molar-refractivity contribution in [3.05, 3.63) is 111 Å². The van der Waals surface area contributed by atoms with Gasteiger partial charge in [0.1, 0.15) is 6.54 Å². The summed E-state index contributed by atoms with van der Waals surface area (Å²) in [6, 6.07) is 21.3. The van der Waals surface area contributed by atoms with Gasteiger partial charge in [0.05, 0.1) is 22.6 Å². The molecule has 150 valence electrons. The van der Waals surface area contributed by atoms with Crippen LogP contribution in [-0.4, -0.2) is 32.4 Å². The number of aromatic nitrogens is 3. The van der Waals surface area contributed by atoms with Crippen LogP contribution in [0.15, 0.2) is 88.6 Å². The molecule has 1 unspecified atom stereocenters. The molecule has 7 heteroatoms. The summed E-state index contributed by atoms with van der Waals surface area (Å²) < 4.78 is 0.932. The number of carbonyl (C=O) groups excluding carboxylic acids is 1. The molecule has 0 aliphatic rings. The summed E-state index contributed by atoms with van der Waals surface area (Å²) in [4.78, 5) is 46.9. The summed E-state index contributed by atoms with van der Waals surface area (Å²) in [7, 11) is 1.65. The topological polar surface area (TPSA) is 88.1 Å². The Labute approximate surface area is 172 Å². The van der Waals surface area contributed by atoms with Crippen LogP contribution < -0.4 is 11.2 Å². The smallest absolute Gasteiger partial charge is 0.329 e. The highest BCUT2D eigenvalue weighted by Gasteiger charge is 2.25. The lowest BCUT2D eigenvalue weighted by Crippen LogP contribution is -2.42. The van der Waals surface area contributed by atoms with Gasteiger partial charge in [-0.25, -0.2) is 4.79 Å². The fourth-order valence-electron chi connectivity index (χ4n) is 3.50. The molecule has 0 saturated carbocycles. The monoisotopic (exact) mass is 400 g/mol. The van der Waals surface area contributed by atoms with E-state index in [0.29, 0.717) is 16.6 Å². The largest absolute Gasteiger partial charge is 0.331 e. The van der Waals surface area contributed by atoms with E-state index in [1.807, 2.05) is 48.5 Å². The minimum atomic E-state index is -0.616. The first-order chi connectivity index (χ1) is 14.6. The van der Waals surface area contributed by atoms with Gasteiger partial charge in [-0.2, -0.15) is 0 Å². The zero-order chi connectivity index (χ0) is 21.1. The predicted molar refractivity (Wildman–Crippen MR) is 114 cm³/mol. The summed E-state index contributed by atoms with van der Waals surface area (Å²) in [5.41, 5.74) is 0.908. The van der Waals surface area contributed by atoms with Gasteiger partial charge in [0.2, 0.25) is 5.91 Å². The fourth-order valence-corrected chi connectivity index (χ4v) is 3.50. The van der Waals surface area contributed by atoms with Crippen LogP contribution in [0.4, 0.5) is 0 Å². The van der Waals surface area contributed by atoms with Crippen molar-refractivity contribution in [2.24, 2.45) is 0 Å². The normalized spacial score (nSPS) is 11.9. The second-order valence-electron chi connectivity index (χ2n) is 6.94. The molecule has 1 atom stereocenters. The van der Waals surface area contributed by atoms with Crippen LogP contribution in [0.3, 0.4) is 0 Å². The van der Waals surface area contributed by atoms with Crippen molar-refractivity contribution in [3.63, 3.8) is 0 Å². The Kier molecular flexibility index (Phi) is 5.26. The molecule has 0 spiro atoms. The molecule has 7 nitrogen and oxygen atoms in total. The van der Waals surface area contributed by atoms with Crippen LogP contribution in [0.2, 0.25) is 0 Å². The van der Waals surface area contributed by atoms with Gasteiger partial charge in [-0.05, 0) is 29.8 Å². The molecule has 30 heavy (non-hydrogen) atoms. The van der Waals surface area contributed by atoms with Crippen molar-refractivity contribution < 1.29 is 4.79 Å². The first-order valence-corrected chi connectivity index (χ1v) is 9.49. The molecule has 0 radical (unpaired) electrons. The van der Waals surface area contributed by atoms with E-state index in [0.717, 1.165) is 10.1 Å². The number of pyridine rings is 1. The number of benzene rings is 2. The van der Waals surface area contributed by atoms with Crippen LogP contribution >= 0.6 is 0 Å². The zero-order valence-electron chi connectivity index (χ0n) is 16.4. The van der Waals surface area contributed by atoms with E-state index in [2.05, 4.69) is 9.97 Å². The number of fused-ring (bicyclic) bond motifs is 1. The SMILES string of the molecule is CN(C(=O)Cn1c(=O)[nH]c2ccccc2c1=O)C(c1ccccc1)c1ccccn1. The highest BCUT2D eigenvalue weighted by molar-refractivity contribution is 5.79. The predicted octanol–water partition coefficient (Wildman–Crippen LogP) is 2.33. The number of hydrogen-bond donors (Lipinski definition) is 1. The quantitative estimate of drug-likeness (QED) is 0.557. The van der Waals surface area contributed by atoms with E-state index in [9.17, 15) is 14.4 Å². The van der Waals surface area contributed by atoms with E-state index in [4.69, 9.17) is 0 Å². The number of H-pyrrole nitrogens is 1. The minimum Gasteiger partial charge on any atom is -0.331 e. The van der Waals surface area contributed by atoms with Crippen molar-refractivity contribution in [2.45, 2.75) is 12.6 Å². The average Bonchev–Trinajstić information content (AvgIpc) is 2.78. The second kappa shape index (κ2) is 8.16. The Balaban J connectivity index is 1.71. The summed E-state index contributed by atoms with van der Waals surface area (Å²) >= 11 is 0. The van der Waals surface area contributed by atoms with Crippen molar-refractivity contribution in [1.29, 1.82) is 0 Å². The van der Waals surface area contributed by atoms with Crippen LogP contribution in [-0.2, 0) is 11.3 Å². The van der Waals surface area contributed by atoms with Gasteiger partial charge in [-0.3, -0.25) is 19.1 Å². The third-order valence-electron chi connectivity index (χ3n) is 5.05. The minimum absolute atomic E-state index is 0.358. The summed E-state index contributed by atoms with van der Waals surface area (Å²) in [5.74, 6) is -0.377. The van der Waals surface area contributed by atoms with Gasteiger partial charge in [0.25, 0.3) is 5.56 Å². The number of rotatable bonds is 5. The second-order valence-corrected chi connectivity index (χ2v) is 6.94. The summed E-state index contributed by atoms with van der Waals surface area (Å²) in [6.45, 7) is -0.369. The van der Waals surface area contributed by atoms with Crippen molar-refractivity contribution in [2.75, 3.05) is 7.05 Å². The fraction of sp³-hybridized carbons (Fsp3) is 0.130. The first kappa shape index (κ1) is 19.3. The van der Waals surface area contributed by atoms with E-state index < -0.39 is 17.3 Å². The van der Waals surface area contributed by atoms with Crippen LogP contribution in [0.5, 0.6) is 0 Å². The molecule has 4 aromatic rings. The molecule has 1 amide bonds. The third-order valence-corrected chi connectivity index (χ3v) is 5.05. The molecule has 0 saturated heterocycles. The Bertz CT molecular complexity index is 1260. The van der Waals surface area contributed by atoms with E-state index in [-0.39, 0.29) is 12.5 Å². The van der Waals surface area contributed by atoms with Gasteiger partial charge in [0.15, 0.2) is 0 Å². The maximum absolute atomic E-state index is 13.1. The van der Waals surface area contributed by atoms with Crippen molar-refractivity contribution >= 4 is 16.8 Å². The number of carbonyl (C=O) groups is 1. The number of nitrogens with zero attached hydrogens (tertiary/aromatic N) is 3. The summed E-state index contributed by atoms with van der Waals surface area (Å²) in [6.07, 6.45) is 1.67. The molecular weight excluding hydrogens is 380 g/mol. The van der Waals surface area contributed by atoms with Gasteiger partial charge in [-0.1, -0.05) is 48.5 Å². The highest BCUT2D eigenvalue weighted by Crippen LogP contribution is 2.26. The maximum Gasteiger partial charge on any atom is 0.329 e. The molecule has 0 fully saturated rings. The average molecular weight is 400 g/mol. The Hall–Kier alpha value is -4.00. The molecule has 0 bridgehead atoms. The van der Waals surface area contributed by atoms with Crippen LogP contribution in [0.1, 0.15) is 17.3 Å². The number of para-hydroxylation sites is 1. The molecule has 2 aromatic carbocycles. The van der Waals surface area contributed by atoms with Gasteiger partial charge in [-0.15, -0.1) is 0 Å². The molecule has 1 N–H and O–H groups in total. The molecular formula is C23H20N4O3. The van der Waals surface area contributed by atoms with Crippen LogP contribution in [0.25, 0.3) is 10.9 Å². The standard InChI is InChI=1S/C23H20N4O3/c1-26(21(16-9-3-2-4-10-16)19-13-7-8-14-24-19)20(28)15-27-22(29)17-11-5-6-12-18(17)25-23(27)30/h2-14,21H,15H2,1H3,(H,25,30). The summed E-state index contributed by atoms with van der Waals surface area (Å²) in [5, 5.41) is 0.358. The lowest BCUT2D eigenvalue weighted by molar-refractivity contribution is -0.132. The van der Waals surface area contributed by atoms with E-state index in [1.165, 1.54) is 4.90 Å². The van der Waals surface area contributed by atoms with Gasteiger partial charge < -0.3 is 9.88 Å². The molecule has 0 aliphatic carbocycles. The highest BCUT2D eigenvalue weighted by atomic mass is 16.2. The lowest BCUT2D eigenvalue weighted by atomic mass is 10.0. The number of nitrogens with one attached hydrogen (secondary N) is 1. The number of aromatic amines is 1. The molecule has 0 aliphatic heterocycles. The van der Waals surface area contributed by atoms with Crippen molar-refractivity contribution in [3.8, 4) is 0 Å².